The molecule has 0 N–H and O–H groups in total. The normalized spacial score (nSPS) is 29.6. The highest BCUT2D eigenvalue weighted by Crippen LogP contribution is 2.55. The highest BCUT2D eigenvalue weighted by molar-refractivity contribution is 5.44. The van der Waals surface area contributed by atoms with E-state index in [2.05, 4.69) is 67.4 Å². The third kappa shape index (κ3) is 2.28. The molecule has 2 heteroatoms. The van der Waals surface area contributed by atoms with Gasteiger partial charge in [-0.25, -0.2) is 0 Å². The van der Waals surface area contributed by atoms with Crippen molar-refractivity contribution >= 4 is 0 Å². The number of piperidine rings is 1. The van der Waals surface area contributed by atoms with Crippen molar-refractivity contribution in [3.63, 3.8) is 0 Å². The average Bonchev–Trinajstić information content (AvgIpc) is 2.59. The molecule has 2 aliphatic rings. The van der Waals surface area contributed by atoms with Crippen LogP contribution in [0.2, 0.25) is 0 Å². The first-order valence-electron chi connectivity index (χ1n) is 8.96. The van der Waals surface area contributed by atoms with E-state index in [4.69, 9.17) is 4.74 Å². The number of ether oxygens (including phenoxy) is 1. The summed E-state index contributed by atoms with van der Waals surface area (Å²) >= 11 is 0. The second-order valence-corrected chi connectivity index (χ2v) is 7.98. The van der Waals surface area contributed by atoms with Crippen molar-refractivity contribution in [3.05, 3.63) is 65.2 Å². The first-order valence-corrected chi connectivity index (χ1v) is 8.96. The Balaban J connectivity index is 1.88. The van der Waals surface area contributed by atoms with Crippen LogP contribution in [0.1, 0.15) is 30.0 Å². The van der Waals surface area contributed by atoms with E-state index in [1.165, 1.54) is 23.1 Å². The molecule has 0 spiro atoms. The molecule has 24 heavy (non-hydrogen) atoms. The zero-order chi connectivity index (χ0) is 16.8. The Morgan fingerprint density at radius 3 is 2.50 bits per heavy atom. The van der Waals surface area contributed by atoms with E-state index in [0.717, 1.165) is 31.7 Å². The minimum atomic E-state index is 0.197. The van der Waals surface area contributed by atoms with Crippen LogP contribution in [-0.4, -0.2) is 32.1 Å². The van der Waals surface area contributed by atoms with Crippen molar-refractivity contribution < 1.29 is 4.74 Å². The maximum Gasteiger partial charge on any atom is 0.119 e. The molecule has 2 aromatic carbocycles. The Kier molecular flexibility index (Phi) is 3.69. The number of hydrogen-bond donors (Lipinski definition) is 0. The number of rotatable bonds is 2. The summed E-state index contributed by atoms with van der Waals surface area (Å²) in [6, 6.07) is 17.8. The fourth-order valence-electron chi connectivity index (χ4n) is 5.20. The molecule has 126 valence electrons. The van der Waals surface area contributed by atoms with Gasteiger partial charge in [0.2, 0.25) is 0 Å². The zero-order valence-corrected chi connectivity index (χ0v) is 15.0. The van der Waals surface area contributed by atoms with Crippen LogP contribution in [0.25, 0.3) is 0 Å². The van der Waals surface area contributed by atoms with Crippen molar-refractivity contribution in [3.8, 4) is 5.75 Å². The Morgan fingerprint density at radius 1 is 1.00 bits per heavy atom. The topological polar surface area (TPSA) is 12.5 Å². The monoisotopic (exact) mass is 321 g/mol. The molecule has 2 unspecified atom stereocenters. The van der Waals surface area contributed by atoms with Gasteiger partial charge in [-0.3, -0.25) is 0 Å². The quantitative estimate of drug-likeness (QED) is 0.826. The fourth-order valence-corrected chi connectivity index (χ4v) is 5.20. The summed E-state index contributed by atoms with van der Waals surface area (Å²) in [5.74, 6) is 0.974. The molecule has 1 aliphatic heterocycles. The third-order valence-corrected chi connectivity index (χ3v) is 6.51. The van der Waals surface area contributed by atoms with E-state index in [-0.39, 0.29) is 10.8 Å². The molecule has 1 aliphatic carbocycles. The van der Waals surface area contributed by atoms with Crippen LogP contribution in [0.4, 0.5) is 0 Å². The van der Waals surface area contributed by atoms with Crippen molar-refractivity contribution in [2.75, 3.05) is 27.2 Å². The van der Waals surface area contributed by atoms with Crippen LogP contribution >= 0.6 is 0 Å². The summed E-state index contributed by atoms with van der Waals surface area (Å²) in [5.41, 5.74) is 4.96. The molecule has 2 atom stereocenters. The summed E-state index contributed by atoms with van der Waals surface area (Å²) < 4.78 is 5.54. The summed E-state index contributed by atoms with van der Waals surface area (Å²) in [6.45, 7) is 4.81. The van der Waals surface area contributed by atoms with Gasteiger partial charge in [-0.2, -0.15) is 0 Å². The van der Waals surface area contributed by atoms with E-state index in [9.17, 15) is 0 Å². The van der Waals surface area contributed by atoms with Crippen molar-refractivity contribution in [2.24, 2.45) is 5.41 Å². The summed E-state index contributed by atoms with van der Waals surface area (Å²) in [6.07, 6.45) is 3.51. The Bertz CT molecular complexity index is 755. The van der Waals surface area contributed by atoms with Gasteiger partial charge in [0.05, 0.1) is 7.11 Å². The Morgan fingerprint density at radius 2 is 1.75 bits per heavy atom. The largest absolute Gasteiger partial charge is 0.497 e. The molecule has 0 bridgehead atoms. The number of methoxy groups -OCH3 is 1. The molecule has 0 amide bonds. The lowest BCUT2D eigenvalue weighted by Gasteiger charge is -2.58. The zero-order valence-electron chi connectivity index (χ0n) is 15.0. The lowest BCUT2D eigenvalue weighted by Crippen LogP contribution is -2.59. The van der Waals surface area contributed by atoms with Crippen molar-refractivity contribution in [1.29, 1.82) is 0 Å². The molecule has 0 saturated carbocycles. The fraction of sp³-hybridized carbons (Fsp3) is 0.455. The second-order valence-electron chi connectivity index (χ2n) is 7.98. The minimum absolute atomic E-state index is 0.197. The highest BCUT2D eigenvalue weighted by Gasteiger charge is 2.54. The number of hydrogen-bond acceptors (Lipinski definition) is 2. The van der Waals surface area contributed by atoms with Crippen molar-refractivity contribution in [1.82, 2.24) is 4.90 Å². The lowest BCUT2D eigenvalue weighted by molar-refractivity contribution is 0.0157. The van der Waals surface area contributed by atoms with E-state index in [1.807, 2.05) is 0 Å². The maximum atomic E-state index is 5.54. The number of nitrogens with zero attached hydrogens (tertiary/aromatic N) is 1. The molecule has 0 aromatic heterocycles. The predicted octanol–water partition coefficient (Wildman–Crippen LogP) is 4.07. The predicted molar refractivity (Wildman–Crippen MR) is 98.7 cm³/mol. The Labute approximate surface area is 145 Å². The van der Waals surface area contributed by atoms with E-state index < -0.39 is 0 Å². The van der Waals surface area contributed by atoms with Gasteiger partial charge < -0.3 is 9.64 Å². The van der Waals surface area contributed by atoms with Crippen LogP contribution in [-0.2, 0) is 18.3 Å². The standard InChI is InChI=1S/C22H27NO/c1-21-14-17-7-4-5-8-18(17)15-22(21,11-12-23(2)16-21)19-9-6-10-20(13-19)24-3/h4-10,13H,11-12,14-16H2,1-3H3. The molecule has 0 radical (unpaired) electrons. The summed E-state index contributed by atoms with van der Waals surface area (Å²) in [4.78, 5) is 2.51. The molecule has 4 rings (SSSR count). The SMILES string of the molecule is COc1cccc(C23CCN(C)CC2(C)Cc2ccccc2C3)c1. The maximum absolute atomic E-state index is 5.54. The van der Waals surface area contributed by atoms with Gasteiger partial charge in [0.25, 0.3) is 0 Å². The molecular weight excluding hydrogens is 294 g/mol. The van der Waals surface area contributed by atoms with Gasteiger partial charge >= 0.3 is 0 Å². The van der Waals surface area contributed by atoms with Gasteiger partial charge in [0.15, 0.2) is 0 Å². The highest BCUT2D eigenvalue weighted by atomic mass is 16.5. The second kappa shape index (κ2) is 5.63. The van der Waals surface area contributed by atoms with Gasteiger partial charge in [-0.1, -0.05) is 43.3 Å². The molecule has 1 saturated heterocycles. The van der Waals surface area contributed by atoms with Gasteiger partial charge in [-0.15, -0.1) is 0 Å². The van der Waals surface area contributed by atoms with Gasteiger partial charge in [0, 0.05) is 12.0 Å². The number of fused-ring (bicyclic) bond motifs is 2. The Hall–Kier alpha value is -1.80. The smallest absolute Gasteiger partial charge is 0.119 e. The van der Waals surface area contributed by atoms with Crippen LogP contribution in [0, 0.1) is 5.41 Å². The van der Waals surface area contributed by atoms with E-state index >= 15 is 0 Å². The molecule has 2 nitrogen and oxygen atoms in total. The van der Waals surface area contributed by atoms with Crippen molar-refractivity contribution in [2.45, 2.75) is 31.6 Å². The number of likely N-dealkylation sites (tertiary alicyclic amines) is 1. The average molecular weight is 321 g/mol. The van der Waals surface area contributed by atoms with Gasteiger partial charge in [-0.05, 0) is 67.1 Å². The molecule has 1 heterocycles. The summed E-state index contributed by atoms with van der Waals surface area (Å²) in [7, 11) is 4.03. The van der Waals surface area contributed by atoms with Crippen LogP contribution in [0.15, 0.2) is 48.5 Å². The van der Waals surface area contributed by atoms with E-state index in [1.54, 1.807) is 7.11 Å². The molecule has 2 aromatic rings. The first kappa shape index (κ1) is 15.7. The summed E-state index contributed by atoms with van der Waals surface area (Å²) in [5, 5.41) is 0. The minimum Gasteiger partial charge on any atom is -0.497 e. The van der Waals surface area contributed by atoms with Gasteiger partial charge in [0.1, 0.15) is 5.75 Å². The molecule has 1 fully saturated rings. The number of benzene rings is 2. The van der Waals surface area contributed by atoms with Crippen LogP contribution in [0.5, 0.6) is 5.75 Å². The third-order valence-electron chi connectivity index (χ3n) is 6.51. The first-order chi connectivity index (χ1) is 11.6. The van der Waals surface area contributed by atoms with E-state index in [0.29, 0.717) is 0 Å². The van der Waals surface area contributed by atoms with Crippen LogP contribution < -0.4 is 4.74 Å². The van der Waals surface area contributed by atoms with Crippen LogP contribution in [0.3, 0.4) is 0 Å². The molecular formula is C22H27NO. The lowest BCUT2D eigenvalue weighted by atomic mass is 9.50.